The summed E-state index contributed by atoms with van der Waals surface area (Å²) in [5.41, 5.74) is 2.39. The van der Waals surface area contributed by atoms with E-state index in [-0.39, 0.29) is 7.69 Å². The predicted octanol–water partition coefficient (Wildman–Crippen LogP) is 5.45. The Morgan fingerprint density at radius 2 is 1.22 bits per heavy atom. The van der Waals surface area contributed by atoms with Gasteiger partial charge in [0.25, 0.3) is 0 Å². The Bertz CT molecular complexity index is 1290. The third-order valence-electron chi connectivity index (χ3n) is 5.13. The maximum atomic E-state index is 9.21. The first kappa shape index (κ1) is 15.9. The molecule has 0 aliphatic heterocycles. The molecule has 128 valence electrons. The SMILES string of the molecule is OBOc1cc2ccc(-c3ccc4ccccc4c3)cc2c2ccccc12. The van der Waals surface area contributed by atoms with Crippen LogP contribution in [0.2, 0.25) is 0 Å². The fraction of sp³-hybridized carbons (Fsp3) is 0. The van der Waals surface area contributed by atoms with Crippen LogP contribution in [0.4, 0.5) is 0 Å². The zero-order valence-electron chi connectivity index (χ0n) is 14.7. The van der Waals surface area contributed by atoms with E-state index in [2.05, 4.69) is 66.7 Å². The topological polar surface area (TPSA) is 29.5 Å². The second kappa shape index (κ2) is 6.46. The van der Waals surface area contributed by atoms with Gasteiger partial charge in [-0.3, -0.25) is 0 Å². The average molecular weight is 348 g/mol. The molecule has 0 amide bonds. The number of hydrogen-bond donors (Lipinski definition) is 1. The van der Waals surface area contributed by atoms with Crippen LogP contribution in [0.25, 0.3) is 43.4 Å². The molecular formula is C24H17BO2. The van der Waals surface area contributed by atoms with Crippen molar-refractivity contribution in [1.29, 1.82) is 0 Å². The lowest BCUT2D eigenvalue weighted by molar-refractivity contribution is 0.457. The highest BCUT2D eigenvalue weighted by molar-refractivity contribution is 6.19. The molecule has 0 aliphatic carbocycles. The molecule has 0 saturated carbocycles. The average Bonchev–Trinajstić information content (AvgIpc) is 2.73. The van der Waals surface area contributed by atoms with E-state index in [0.717, 1.165) is 16.2 Å². The summed E-state index contributed by atoms with van der Waals surface area (Å²) in [6, 6.07) is 31.7. The Labute approximate surface area is 157 Å². The largest absolute Gasteiger partial charge is 0.538 e. The Hall–Kier alpha value is -3.30. The molecule has 0 aliphatic rings. The molecule has 0 bridgehead atoms. The van der Waals surface area contributed by atoms with E-state index in [9.17, 15) is 5.02 Å². The molecule has 0 heterocycles. The molecule has 0 spiro atoms. The van der Waals surface area contributed by atoms with Gasteiger partial charge in [-0.2, -0.15) is 0 Å². The zero-order chi connectivity index (χ0) is 18.2. The van der Waals surface area contributed by atoms with Gasteiger partial charge in [-0.15, -0.1) is 0 Å². The van der Waals surface area contributed by atoms with E-state index < -0.39 is 0 Å². The molecule has 27 heavy (non-hydrogen) atoms. The van der Waals surface area contributed by atoms with Gasteiger partial charge < -0.3 is 9.68 Å². The van der Waals surface area contributed by atoms with Crippen molar-refractivity contribution in [3.05, 3.63) is 91.0 Å². The quantitative estimate of drug-likeness (QED) is 0.347. The maximum absolute atomic E-state index is 9.21. The molecule has 0 fully saturated rings. The normalized spacial score (nSPS) is 11.1. The van der Waals surface area contributed by atoms with Gasteiger partial charge in [0.15, 0.2) is 0 Å². The van der Waals surface area contributed by atoms with Crippen LogP contribution in [0.15, 0.2) is 91.0 Å². The van der Waals surface area contributed by atoms with Gasteiger partial charge in [0.1, 0.15) is 5.75 Å². The van der Waals surface area contributed by atoms with E-state index in [1.165, 1.54) is 27.3 Å². The van der Waals surface area contributed by atoms with E-state index in [1.54, 1.807) is 0 Å². The van der Waals surface area contributed by atoms with Crippen LogP contribution in [0, 0.1) is 0 Å². The van der Waals surface area contributed by atoms with Crippen LogP contribution >= 0.6 is 0 Å². The third kappa shape index (κ3) is 2.73. The van der Waals surface area contributed by atoms with E-state index in [4.69, 9.17) is 4.65 Å². The van der Waals surface area contributed by atoms with E-state index >= 15 is 0 Å². The van der Waals surface area contributed by atoms with Crippen molar-refractivity contribution in [3.63, 3.8) is 0 Å². The molecule has 2 nitrogen and oxygen atoms in total. The Balaban J connectivity index is 1.74. The van der Waals surface area contributed by atoms with Gasteiger partial charge in [-0.25, -0.2) is 0 Å². The molecule has 5 aromatic rings. The first-order valence-electron chi connectivity index (χ1n) is 9.02. The summed E-state index contributed by atoms with van der Waals surface area (Å²) in [5.74, 6) is 0.707. The Morgan fingerprint density at radius 3 is 2.04 bits per heavy atom. The second-order valence-corrected chi connectivity index (χ2v) is 6.69. The highest BCUT2D eigenvalue weighted by Crippen LogP contribution is 2.36. The maximum Gasteiger partial charge on any atom is 0.504 e. The van der Waals surface area contributed by atoms with Crippen LogP contribution in [0.5, 0.6) is 5.75 Å². The molecule has 0 aromatic heterocycles. The standard InChI is InChI=1S/C24H17BO2/c26-25-27-24-15-20-12-11-19(14-23(20)21-7-3-4-8-22(21)24)18-10-9-16-5-1-2-6-17(16)13-18/h1-15,25-26H. The second-order valence-electron chi connectivity index (χ2n) is 6.69. The van der Waals surface area contributed by atoms with Gasteiger partial charge in [-0.1, -0.05) is 72.8 Å². The highest BCUT2D eigenvalue weighted by atomic mass is 16.5. The smallest absolute Gasteiger partial charge is 0.504 e. The number of hydrogen-bond acceptors (Lipinski definition) is 2. The van der Waals surface area contributed by atoms with Crippen LogP contribution in [0.1, 0.15) is 0 Å². The minimum atomic E-state index is -0.329. The molecule has 0 atom stereocenters. The van der Waals surface area contributed by atoms with Crippen molar-refractivity contribution in [2.24, 2.45) is 0 Å². The van der Waals surface area contributed by atoms with Crippen LogP contribution in [-0.2, 0) is 0 Å². The lowest BCUT2D eigenvalue weighted by Crippen LogP contribution is -2.00. The minimum Gasteiger partial charge on any atom is -0.538 e. The van der Waals surface area contributed by atoms with Gasteiger partial charge in [-0.05, 0) is 56.3 Å². The van der Waals surface area contributed by atoms with Crippen molar-refractivity contribution in [3.8, 4) is 16.9 Å². The van der Waals surface area contributed by atoms with Crippen LogP contribution in [-0.4, -0.2) is 12.7 Å². The summed E-state index contributed by atoms with van der Waals surface area (Å²) in [4.78, 5) is 0. The monoisotopic (exact) mass is 348 g/mol. The zero-order valence-corrected chi connectivity index (χ0v) is 14.7. The first-order valence-corrected chi connectivity index (χ1v) is 9.02. The molecule has 3 heteroatoms. The fourth-order valence-corrected chi connectivity index (χ4v) is 3.80. The van der Waals surface area contributed by atoms with Crippen molar-refractivity contribution >= 4 is 40.0 Å². The van der Waals surface area contributed by atoms with Crippen LogP contribution < -0.4 is 4.65 Å². The van der Waals surface area contributed by atoms with Gasteiger partial charge >= 0.3 is 7.69 Å². The predicted molar refractivity (Wildman–Crippen MR) is 114 cm³/mol. The van der Waals surface area contributed by atoms with Crippen LogP contribution in [0.3, 0.4) is 0 Å². The third-order valence-corrected chi connectivity index (χ3v) is 5.13. The van der Waals surface area contributed by atoms with Gasteiger partial charge in [0.05, 0.1) is 0 Å². The molecule has 0 saturated heterocycles. The summed E-state index contributed by atoms with van der Waals surface area (Å²) in [5, 5.41) is 16.1. The molecular weight excluding hydrogens is 331 g/mol. The molecule has 5 rings (SSSR count). The summed E-state index contributed by atoms with van der Waals surface area (Å²) in [7, 11) is -0.329. The van der Waals surface area contributed by atoms with Crippen molar-refractivity contribution in [2.75, 3.05) is 0 Å². The Morgan fingerprint density at radius 1 is 0.556 bits per heavy atom. The van der Waals surface area contributed by atoms with E-state index in [0.29, 0.717) is 5.75 Å². The summed E-state index contributed by atoms with van der Waals surface area (Å²) < 4.78 is 5.45. The number of fused-ring (bicyclic) bond motifs is 4. The first-order chi connectivity index (χ1) is 13.3. The Kier molecular flexibility index (Phi) is 3.81. The molecule has 0 radical (unpaired) electrons. The lowest BCUT2D eigenvalue weighted by atomic mass is 9.95. The molecule has 1 N–H and O–H groups in total. The molecule has 5 aromatic carbocycles. The summed E-state index contributed by atoms with van der Waals surface area (Å²) >= 11 is 0. The highest BCUT2D eigenvalue weighted by Gasteiger charge is 2.09. The van der Waals surface area contributed by atoms with E-state index in [1.807, 2.05) is 24.3 Å². The molecule has 0 unspecified atom stereocenters. The summed E-state index contributed by atoms with van der Waals surface area (Å²) in [6.07, 6.45) is 0. The van der Waals surface area contributed by atoms with Gasteiger partial charge in [0, 0.05) is 5.39 Å². The minimum absolute atomic E-state index is 0.329. The summed E-state index contributed by atoms with van der Waals surface area (Å²) in [6.45, 7) is 0. The lowest BCUT2D eigenvalue weighted by Gasteiger charge is -2.12. The van der Waals surface area contributed by atoms with Crippen molar-refractivity contribution in [2.45, 2.75) is 0 Å². The van der Waals surface area contributed by atoms with Gasteiger partial charge in [0.2, 0.25) is 0 Å². The van der Waals surface area contributed by atoms with Crippen molar-refractivity contribution < 1.29 is 9.68 Å². The van der Waals surface area contributed by atoms with Crippen molar-refractivity contribution in [1.82, 2.24) is 0 Å². The fourth-order valence-electron chi connectivity index (χ4n) is 3.80. The number of rotatable bonds is 3. The number of benzene rings is 5.